The van der Waals surface area contributed by atoms with Crippen molar-refractivity contribution in [3.05, 3.63) is 23.2 Å². The molecule has 1 unspecified atom stereocenters. The third kappa shape index (κ3) is 4.23. The fourth-order valence-electron chi connectivity index (χ4n) is 2.96. The molecule has 1 atom stereocenters. The third-order valence-corrected chi connectivity index (χ3v) is 5.75. The summed E-state index contributed by atoms with van der Waals surface area (Å²) in [6.07, 6.45) is 11.5. The van der Waals surface area contributed by atoms with Crippen LogP contribution in [0.2, 0.25) is 0 Å². The van der Waals surface area contributed by atoms with Crippen molar-refractivity contribution in [2.24, 2.45) is 5.92 Å². The highest BCUT2D eigenvalue weighted by Crippen LogP contribution is 2.57. The normalized spacial score (nSPS) is 27.7. The van der Waals surface area contributed by atoms with Gasteiger partial charge in [0.05, 0.1) is 6.61 Å². The molecule has 1 fully saturated rings. The van der Waals surface area contributed by atoms with Crippen LogP contribution in [0.5, 0.6) is 0 Å². The van der Waals surface area contributed by atoms with Crippen LogP contribution in [0.4, 0.5) is 0 Å². The first-order chi connectivity index (χ1) is 9.67. The number of rotatable bonds is 6. The number of unbranched alkanes of at least 4 members (excludes halogenated alkanes) is 1. The summed E-state index contributed by atoms with van der Waals surface area (Å²) < 4.78 is 23.9. The van der Waals surface area contributed by atoms with E-state index in [2.05, 4.69) is 13.0 Å². The Hall–Kier alpha value is -0.530. The average molecular weight is 298 g/mol. The van der Waals surface area contributed by atoms with Crippen molar-refractivity contribution in [1.29, 1.82) is 0 Å². The van der Waals surface area contributed by atoms with Gasteiger partial charge in [0.25, 0.3) is 0 Å². The van der Waals surface area contributed by atoms with Gasteiger partial charge in [-0.2, -0.15) is 0 Å². The van der Waals surface area contributed by atoms with Gasteiger partial charge in [0.1, 0.15) is 5.76 Å². The fourth-order valence-corrected chi connectivity index (χ4v) is 4.61. The molecule has 0 amide bonds. The molecule has 0 aromatic carbocycles. The Bertz CT molecular complexity index is 419. The van der Waals surface area contributed by atoms with E-state index in [1.165, 1.54) is 19.3 Å². The van der Waals surface area contributed by atoms with Crippen molar-refractivity contribution in [2.45, 2.75) is 65.2 Å². The van der Waals surface area contributed by atoms with Gasteiger partial charge in [0.2, 0.25) is 0 Å². The molecule has 1 aliphatic heterocycles. The average Bonchev–Trinajstić information content (AvgIpc) is 2.45. The lowest BCUT2D eigenvalue weighted by atomic mass is 9.87. The molecular formula is C16H27O3P. The maximum absolute atomic E-state index is 12.7. The molecule has 1 heterocycles. The van der Waals surface area contributed by atoms with Crippen LogP contribution in [-0.2, 0) is 13.6 Å². The molecule has 0 aromatic heterocycles. The van der Waals surface area contributed by atoms with Crippen molar-refractivity contribution < 1.29 is 13.6 Å². The predicted octanol–water partition coefficient (Wildman–Crippen LogP) is 5.78. The van der Waals surface area contributed by atoms with E-state index < -0.39 is 7.60 Å². The minimum absolute atomic E-state index is 0.423. The molecule has 2 aliphatic rings. The number of hydrogen-bond acceptors (Lipinski definition) is 3. The lowest BCUT2D eigenvalue weighted by molar-refractivity contribution is 0.223. The van der Waals surface area contributed by atoms with Crippen LogP contribution < -0.4 is 0 Å². The Balaban J connectivity index is 2.15. The van der Waals surface area contributed by atoms with Crippen LogP contribution in [0, 0.1) is 5.92 Å². The SMILES string of the molecule is CCCCC1=CP(=O)(OCC)OC(C2CCCCC2)=C1. The first kappa shape index (κ1) is 15.9. The number of hydrogen-bond donors (Lipinski definition) is 0. The highest BCUT2D eigenvalue weighted by molar-refractivity contribution is 7.57. The largest absolute Gasteiger partial charge is 0.426 e. The maximum Gasteiger partial charge on any atom is 0.403 e. The van der Waals surface area contributed by atoms with Gasteiger partial charge in [-0.25, -0.2) is 4.57 Å². The van der Waals surface area contributed by atoms with Gasteiger partial charge in [0.15, 0.2) is 0 Å². The zero-order valence-corrected chi connectivity index (χ0v) is 13.7. The molecule has 0 spiro atoms. The van der Waals surface area contributed by atoms with Crippen LogP contribution in [0.3, 0.4) is 0 Å². The molecular weight excluding hydrogens is 271 g/mol. The Labute approximate surface area is 123 Å². The smallest absolute Gasteiger partial charge is 0.403 e. The molecule has 20 heavy (non-hydrogen) atoms. The quantitative estimate of drug-likeness (QED) is 0.583. The summed E-state index contributed by atoms with van der Waals surface area (Å²) in [5, 5.41) is 0. The second kappa shape index (κ2) is 7.47. The molecule has 0 aromatic rings. The van der Waals surface area contributed by atoms with Crippen LogP contribution in [0.15, 0.2) is 23.2 Å². The van der Waals surface area contributed by atoms with E-state index in [0.29, 0.717) is 12.5 Å². The second-order valence-corrected chi connectivity index (χ2v) is 7.52. The summed E-state index contributed by atoms with van der Waals surface area (Å²) in [4.78, 5) is 0. The molecule has 1 aliphatic carbocycles. The zero-order chi connectivity index (χ0) is 14.4. The molecule has 0 bridgehead atoms. The fraction of sp³-hybridized carbons (Fsp3) is 0.750. The van der Waals surface area contributed by atoms with Crippen molar-refractivity contribution >= 4 is 7.60 Å². The highest BCUT2D eigenvalue weighted by atomic mass is 31.2. The zero-order valence-electron chi connectivity index (χ0n) is 12.8. The minimum Gasteiger partial charge on any atom is -0.426 e. The third-order valence-electron chi connectivity index (χ3n) is 4.02. The summed E-state index contributed by atoms with van der Waals surface area (Å²) in [6.45, 7) is 4.46. The molecule has 114 valence electrons. The summed E-state index contributed by atoms with van der Waals surface area (Å²) in [6, 6.07) is 0. The van der Waals surface area contributed by atoms with E-state index in [4.69, 9.17) is 9.05 Å². The van der Waals surface area contributed by atoms with Crippen molar-refractivity contribution in [1.82, 2.24) is 0 Å². The lowest BCUT2D eigenvalue weighted by Crippen LogP contribution is -2.13. The van der Waals surface area contributed by atoms with Gasteiger partial charge in [-0.15, -0.1) is 0 Å². The van der Waals surface area contributed by atoms with Gasteiger partial charge >= 0.3 is 7.60 Å². The standard InChI is InChI=1S/C16H27O3P/c1-3-5-9-14-12-16(15-10-7-6-8-11-15)19-20(17,13-14)18-4-2/h12-13,15H,3-11H2,1-2H3. The van der Waals surface area contributed by atoms with E-state index >= 15 is 0 Å². The molecule has 0 radical (unpaired) electrons. The van der Waals surface area contributed by atoms with Gasteiger partial charge in [-0.05, 0) is 44.3 Å². The first-order valence-electron chi connectivity index (χ1n) is 8.04. The molecule has 0 N–H and O–H groups in total. The van der Waals surface area contributed by atoms with E-state index in [9.17, 15) is 4.57 Å². The van der Waals surface area contributed by atoms with Gasteiger partial charge in [-0.1, -0.05) is 32.6 Å². The van der Waals surface area contributed by atoms with Crippen LogP contribution in [-0.4, -0.2) is 6.61 Å². The molecule has 4 heteroatoms. The highest BCUT2D eigenvalue weighted by Gasteiger charge is 2.32. The minimum atomic E-state index is -3.06. The summed E-state index contributed by atoms with van der Waals surface area (Å²) in [5.74, 6) is 3.08. The van der Waals surface area contributed by atoms with Gasteiger partial charge in [-0.3, -0.25) is 4.52 Å². The molecule has 2 rings (SSSR count). The van der Waals surface area contributed by atoms with E-state index in [1.807, 2.05) is 6.92 Å². The van der Waals surface area contributed by atoms with Crippen LogP contribution in [0.1, 0.15) is 65.2 Å². The second-order valence-electron chi connectivity index (χ2n) is 5.74. The van der Waals surface area contributed by atoms with E-state index in [0.717, 1.165) is 43.4 Å². The topological polar surface area (TPSA) is 35.5 Å². The molecule has 0 saturated heterocycles. The van der Waals surface area contributed by atoms with E-state index in [-0.39, 0.29) is 0 Å². The van der Waals surface area contributed by atoms with Crippen molar-refractivity contribution in [3.8, 4) is 0 Å². The Morgan fingerprint density at radius 1 is 1.30 bits per heavy atom. The summed E-state index contributed by atoms with van der Waals surface area (Å²) in [5.41, 5.74) is 1.13. The number of allylic oxidation sites excluding steroid dienone is 3. The predicted molar refractivity (Wildman–Crippen MR) is 82.6 cm³/mol. The Morgan fingerprint density at radius 3 is 2.70 bits per heavy atom. The molecule has 3 nitrogen and oxygen atoms in total. The Kier molecular flexibility index (Phi) is 5.92. The lowest BCUT2D eigenvalue weighted by Gasteiger charge is -2.29. The maximum atomic E-state index is 12.7. The summed E-state index contributed by atoms with van der Waals surface area (Å²) in [7, 11) is -3.06. The van der Waals surface area contributed by atoms with Crippen LogP contribution in [0.25, 0.3) is 0 Å². The Morgan fingerprint density at radius 2 is 2.05 bits per heavy atom. The van der Waals surface area contributed by atoms with E-state index in [1.54, 1.807) is 5.82 Å². The van der Waals surface area contributed by atoms with Crippen molar-refractivity contribution in [2.75, 3.05) is 6.61 Å². The monoisotopic (exact) mass is 298 g/mol. The van der Waals surface area contributed by atoms with Crippen LogP contribution >= 0.6 is 7.60 Å². The molecule has 1 saturated carbocycles. The van der Waals surface area contributed by atoms with Gasteiger partial charge in [0, 0.05) is 11.7 Å². The van der Waals surface area contributed by atoms with Crippen molar-refractivity contribution in [3.63, 3.8) is 0 Å². The summed E-state index contributed by atoms with van der Waals surface area (Å²) >= 11 is 0. The van der Waals surface area contributed by atoms with Gasteiger partial charge < -0.3 is 4.52 Å². The first-order valence-corrected chi connectivity index (χ1v) is 9.65.